The Morgan fingerprint density at radius 1 is 1.03 bits per heavy atom. The second-order valence-corrected chi connectivity index (χ2v) is 8.63. The predicted octanol–water partition coefficient (Wildman–Crippen LogP) is 2.88. The number of amides is 1. The van der Waals surface area contributed by atoms with Crippen LogP contribution in [0.1, 0.15) is 12.8 Å². The number of sulfonamides is 1. The summed E-state index contributed by atoms with van der Waals surface area (Å²) >= 11 is 0. The highest BCUT2D eigenvalue weighted by Gasteiger charge is 2.32. The molecule has 0 aliphatic carbocycles. The van der Waals surface area contributed by atoms with Gasteiger partial charge in [0.15, 0.2) is 11.5 Å². The molecule has 0 spiro atoms. The molecule has 2 aromatic carbocycles. The molecule has 0 aromatic heterocycles. The van der Waals surface area contributed by atoms with Gasteiger partial charge in [-0.15, -0.1) is 0 Å². The lowest BCUT2D eigenvalue weighted by Gasteiger charge is -2.30. The van der Waals surface area contributed by atoms with Crippen LogP contribution in [0.2, 0.25) is 0 Å². The van der Waals surface area contributed by atoms with E-state index < -0.39 is 10.0 Å². The van der Waals surface area contributed by atoms with Gasteiger partial charge in [-0.05, 0) is 49.2 Å². The Labute approximate surface area is 169 Å². The van der Waals surface area contributed by atoms with Gasteiger partial charge in [-0.3, -0.25) is 4.79 Å². The van der Waals surface area contributed by atoms with Crippen LogP contribution in [0.25, 0.3) is 0 Å². The molecule has 0 saturated carbocycles. The number of halogens is 1. The van der Waals surface area contributed by atoms with E-state index in [1.54, 1.807) is 6.07 Å². The van der Waals surface area contributed by atoms with Crippen molar-refractivity contribution in [2.24, 2.45) is 5.92 Å². The molecule has 0 radical (unpaired) electrons. The largest absolute Gasteiger partial charge is 0.493 e. The maximum absolute atomic E-state index is 13.0. The molecule has 1 N–H and O–H groups in total. The molecule has 1 saturated heterocycles. The molecule has 29 heavy (non-hydrogen) atoms. The van der Waals surface area contributed by atoms with E-state index in [0.717, 1.165) is 0 Å². The van der Waals surface area contributed by atoms with Crippen LogP contribution >= 0.6 is 0 Å². The van der Waals surface area contributed by atoms with Gasteiger partial charge in [0.05, 0.1) is 19.1 Å². The number of benzene rings is 2. The standard InChI is InChI=1S/C20H23FN2O5S/c1-27-18-8-7-17(13-19(18)28-2)29(25,26)23-11-9-14(10-12-23)20(24)22-16-5-3-15(21)4-6-16/h3-8,13-14H,9-12H2,1-2H3,(H,22,24). The van der Waals surface area contributed by atoms with Gasteiger partial charge in [0.1, 0.15) is 5.82 Å². The predicted molar refractivity (Wildman–Crippen MR) is 106 cm³/mol. The molecule has 0 unspecified atom stereocenters. The molecule has 0 bridgehead atoms. The third-order valence-corrected chi connectivity index (χ3v) is 6.82. The number of ether oxygens (including phenoxy) is 2. The van der Waals surface area contributed by atoms with Crippen molar-refractivity contribution >= 4 is 21.6 Å². The Morgan fingerprint density at radius 2 is 1.66 bits per heavy atom. The first kappa shape index (κ1) is 21.1. The highest BCUT2D eigenvalue weighted by atomic mass is 32.2. The highest BCUT2D eigenvalue weighted by molar-refractivity contribution is 7.89. The smallest absolute Gasteiger partial charge is 0.243 e. The third-order valence-electron chi connectivity index (χ3n) is 4.93. The van der Waals surface area contributed by atoms with E-state index in [9.17, 15) is 17.6 Å². The molecule has 1 aliphatic heterocycles. The van der Waals surface area contributed by atoms with E-state index in [2.05, 4.69) is 5.32 Å². The van der Waals surface area contributed by atoms with Crippen LogP contribution in [0, 0.1) is 11.7 Å². The van der Waals surface area contributed by atoms with Gasteiger partial charge in [0.25, 0.3) is 0 Å². The molecule has 9 heteroatoms. The molecular weight excluding hydrogens is 399 g/mol. The summed E-state index contributed by atoms with van der Waals surface area (Å²) in [5, 5.41) is 2.75. The van der Waals surface area contributed by atoms with Gasteiger partial charge in [-0.1, -0.05) is 0 Å². The number of carbonyl (C=O) groups is 1. The van der Waals surface area contributed by atoms with Gasteiger partial charge in [0, 0.05) is 30.8 Å². The van der Waals surface area contributed by atoms with E-state index in [0.29, 0.717) is 30.0 Å². The Balaban J connectivity index is 1.65. The van der Waals surface area contributed by atoms with Crippen molar-refractivity contribution in [1.29, 1.82) is 0 Å². The minimum absolute atomic E-state index is 0.115. The zero-order valence-electron chi connectivity index (χ0n) is 16.2. The second kappa shape index (κ2) is 8.79. The zero-order valence-corrected chi connectivity index (χ0v) is 17.0. The minimum Gasteiger partial charge on any atom is -0.493 e. The van der Waals surface area contributed by atoms with Crippen LogP contribution in [0.3, 0.4) is 0 Å². The maximum Gasteiger partial charge on any atom is 0.243 e. The number of hydrogen-bond acceptors (Lipinski definition) is 5. The summed E-state index contributed by atoms with van der Waals surface area (Å²) in [4.78, 5) is 12.5. The van der Waals surface area contributed by atoms with Crippen molar-refractivity contribution in [3.05, 3.63) is 48.3 Å². The first-order valence-corrected chi connectivity index (χ1v) is 10.6. The number of nitrogens with zero attached hydrogens (tertiary/aromatic N) is 1. The van der Waals surface area contributed by atoms with Gasteiger partial charge in [0.2, 0.25) is 15.9 Å². The van der Waals surface area contributed by atoms with Crippen LogP contribution < -0.4 is 14.8 Å². The minimum atomic E-state index is -3.71. The normalized spacial score (nSPS) is 15.7. The van der Waals surface area contributed by atoms with E-state index in [4.69, 9.17) is 9.47 Å². The Morgan fingerprint density at radius 3 is 2.24 bits per heavy atom. The topological polar surface area (TPSA) is 84.9 Å². The summed E-state index contributed by atoms with van der Waals surface area (Å²) < 4.78 is 50.6. The van der Waals surface area contributed by atoms with E-state index in [1.807, 2.05) is 0 Å². The maximum atomic E-state index is 13.0. The molecule has 2 aromatic rings. The average Bonchev–Trinajstić information content (AvgIpc) is 2.74. The van der Waals surface area contributed by atoms with Crippen LogP contribution in [-0.4, -0.2) is 45.9 Å². The van der Waals surface area contributed by atoms with Crippen molar-refractivity contribution in [3.8, 4) is 11.5 Å². The zero-order chi connectivity index (χ0) is 21.0. The molecule has 3 rings (SSSR count). The molecule has 7 nitrogen and oxygen atoms in total. The molecule has 1 aliphatic rings. The summed E-state index contributed by atoms with van der Waals surface area (Å²) in [6.07, 6.45) is 0.805. The number of piperidine rings is 1. The molecule has 1 heterocycles. The lowest BCUT2D eigenvalue weighted by atomic mass is 9.97. The second-order valence-electron chi connectivity index (χ2n) is 6.69. The van der Waals surface area contributed by atoms with Gasteiger partial charge >= 0.3 is 0 Å². The van der Waals surface area contributed by atoms with Crippen molar-refractivity contribution in [2.75, 3.05) is 32.6 Å². The third kappa shape index (κ3) is 4.68. The highest BCUT2D eigenvalue weighted by Crippen LogP contribution is 2.32. The Bertz CT molecular complexity index is 971. The molecular formula is C20H23FN2O5S. The first-order valence-electron chi connectivity index (χ1n) is 9.13. The first-order chi connectivity index (χ1) is 13.8. The van der Waals surface area contributed by atoms with Crippen LogP contribution in [0.5, 0.6) is 11.5 Å². The number of carbonyl (C=O) groups excluding carboxylic acids is 1. The fourth-order valence-electron chi connectivity index (χ4n) is 3.26. The van der Waals surface area contributed by atoms with Gasteiger partial charge < -0.3 is 14.8 Å². The summed E-state index contributed by atoms with van der Waals surface area (Å²) in [6.45, 7) is 0.469. The summed E-state index contributed by atoms with van der Waals surface area (Å²) in [5.74, 6) is -0.0990. The molecule has 1 amide bonds. The number of anilines is 1. The van der Waals surface area contributed by atoms with E-state index in [-0.39, 0.29) is 35.6 Å². The van der Waals surface area contributed by atoms with Crippen molar-refractivity contribution in [1.82, 2.24) is 4.31 Å². The number of rotatable bonds is 6. The Kier molecular flexibility index (Phi) is 6.39. The average molecular weight is 422 g/mol. The van der Waals surface area contributed by atoms with Crippen molar-refractivity contribution in [3.63, 3.8) is 0 Å². The lowest BCUT2D eigenvalue weighted by Crippen LogP contribution is -2.41. The number of nitrogens with one attached hydrogen (secondary N) is 1. The summed E-state index contributed by atoms with van der Waals surface area (Å²) in [7, 11) is -0.784. The summed E-state index contributed by atoms with van der Waals surface area (Å²) in [5.41, 5.74) is 0.511. The number of methoxy groups -OCH3 is 2. The fraction of sp³-hybridized carbons (Fsp3) is 0.350. The monoisotopic (exact) mass is 422 g/mol. The number of hydrogen-bond donors (Lipinski definition) is 1. The Hall–Kier alpha value is -2.65. The van der Waals surface area contributed by atoms with Crippen LogP contribution in [-0.2, 0) is 14.8 Å². The van der Waals surface area contributed by atoms with E-state index in [1.165, 1.54) is 54.9 Å². The SMILES string of the molecule is COc1ccc(S(=O)(=O)N2CCC(C(=O)Nc3ccc(F)cc3)CC2)cc1OC. The quantitative estimate of drug-likeness (QED) is 0.774. The molecule has 156 valence electrons. The molecule has 1 fully saturated rings. The van der Waals surface area contributed by atoms with Crippen molar-refractivity contribution in [2.45, 2.75) is 17.7 Å². The lowest BCUT2D eigenvalue weighted by molar-refractivity contribution is -0.120. The van der Waals surface area contributed by atoms with Gasteiger partial charge in [-0.2, -0.15) is 4.31 Å². The molecule has 0 atom stereocenters. The van der Waals surface area contributed by atoms with Crippen LogP contribution in [0.15, 0.2) is 47.4 Å². The fourth-order valence-corrected chi connectivity index (χ4v) is 4.75. The van der Waals surface area contributed by atoms with Crippen molar-refractivity contribution < 1.29 is 27.1 Å². The summed E-state index contributed by atoms with van der Waals surface area (Å²) in [6, 6.07) is 9.98. The van der Waals surface area contributed by atoms with E-state index >= 15 is 0 Å². The van der Waals surface area contributed by atoms with Crippen LogP contribution in [0.4, 0.5) is 10.1 Å². The van der Waals surface area contributed by atoms with Gasteiger partial charge in [-0.25, -0.2) is 12.8 Å².